The number of nitro benzene ring substituents is 1. The number of H-pyrrole nitrogens is 1. The highest BCUT2D eigenvalue weighted by molar-refractivity contribution is 6.00. The van der Waals surface area contributed by atoms with Gasteiger partial charge in [0.25, 0.3) is 11.2 Å². The number of non-ortho nitro benzene ring substituents is 1. The van der Waals surface area contributed by atoms with Crippen molar-refractivity contribution in [2.45, 2.75) is 13.3 Å². The maximum absolute atomic E-state index is 12.3. The predicted octanol–water partition coefficient (Wildman–Crippen LogP) is 2.91. The molecule has 0 aliphatic carbocycles. The van der Waals surface area contributed by atoms with Gasteiger partial charge in [0.2, 0.25) is 0 Å². The number of rotatable bonds is 5. The Morgan fingerprint density at radius 2 is 1.96 bits per heavy atom. The topological polar surface area (TPSA) is 123 Å². The Balaban J connectivity index is 2.28. The molecular formula is C19H16N2O6. The summed E-state index contributed by atoms with van der Waals surface area (Å²) in [4.78, 5) is 37.6. The third-order valence-electron chi connectivity index (χ3n) is 4.09. The van der Waals surface area contributed by atoms with Gasteiger partial charge in [-0.05, 0) is 24.5 Å². The molecule has 3 aromatic rings. The van der Waals surface area contributed by atoms with E-state index in [4.69, 9.17) is 4.74 Å². The minimum absolute atomic E-state index is 0.0118. The van der Waals surface area contributed by atoms with Crippen LogP contribution in [0.5, 0.6) is 5.75 Å². The summed E-state index contributed by atoms with van der Waals surface area (Å²) in [5, 5.41) is 21.8. The SMILES string of the molecule is CCOC(=O)c1c(O)c2cc([N+](=O)[O-])cc(Cc3ccccc3)c2[nH]c1=O. The van der Waals surface area contributed by atoms with Crippen molar-refractivity contribution >= 4 is 22.6 Å². The van der Waals surface area contributed by atoms with Gasteiger partial charge in [0.1, 0.15) is 5.75 Å². The van der Waals surface area contributed by atoms with Gasteiger partial charge in [0.05, 0.1) is 17.0 Å². The first-order valence-electron chi connectivity index (χ1n) is 8.19. The molecule has 27 heavy (non-hydrogen) atoms. The Labute approximate surface area is 153 Å². The molecule has 0 bridgehead atoms. The number of pyridine rings is 1. The molecule has 2 aromatic carbocycles. The van der Waals surface area contributed by atoms with E-state index in [0.717, 1.165) is 11.6 Å². The number of aromatic hydroxyl groups is 1. The van der Waals surface area contributed by atoms with Crippen molar-refractivity contribution in [2.75, 3.05) is 6.61 Å². The number of hydrogen-bond donors (Lipinski definition) is 2. The van der Waals surface area contributed by atoms with Gasteiger partial charge in [-0.3, -0.25) is 14.9 Å². The second-order valence-electron chi connectivity index (χ2n) is 5.85. The van der Waals surface area contributed by atoms with Crippen LogP contribution in [0.4, 0.5) is 5.69 Å². The molecule has 0 amide bonds. The summed E-state index contributed by atoms with van der Waals surface area (Å²) in [6.45, 7) is 1.58. The summed E-state index contributed by atoms with van der Waals surface area (Å²) in [5.41, 5.74) is -0.0926. The lowest BCUT2D eigenvalue weighted by molar-refractivity contribution is -0.384. The molecule has 0 saturated carbocycles. The maximum atomic E-state index is 12.3. The minimum atomic E-state index is -0.991. The highest BCUT2D eigenvalue weighted by atomic mass is 16.6. The fourth-order valence-corrected chi connectivity index (χ4v) is 2.89. The number of carbonyl (C=O) groups is 1. The van der Waals surface area contributed by atoms with Gasteiger partial charge in [-0.15, -0.1) is 0 Å². The van der Waals surface area contributed by atoms with E-state index in [1.807, 2.05) is 30.3 Å². The highest BCUT2D eigenvalue weighted by Gasteiger charge is 2.23. The van der Waals surface area contributed by atoms with E-state index in [1.165, 1.54) is 6.07 Å². The van der Waals surface area contributed by atoms with Crippen molar-refractivity contribution in [2.24, 2.45) is 0 Å². The second kappa shape index (κ2) is 7.28. The van der Waals surface area contributed by atoms with Gasteiger partial charge < -0.3 is 14.8 Å². The van der Waals surface area contributed by atoms with Crippen molar-refractivity contribution in [3.63, 3.8) is 0 Å². The average Bonchev–Trinajstić information content (AvgIpc) is 2.63. The van der Waals surface area contributed by atoms with Crippen molar-refractivity contribution in [1.82, 2.24) is 4.98 Å². The smallest absolute Gasteiger partial charge is 0.347 e. The number of fused-ring (bicyclic) bond motifs is 1. The highest BCUT2D eigenvalue weighted by Crippen LogP contribution is 2.32. The lowest BCUT2D eigenvalue weighted by Gasteiger charge is -2.11. The van der Waals surface area contributed by atoms with E-state index < -0.39 is 27.8 Å². The van der Waals surface area contributed by atoms with Crippen LogP contribution in [0.2, 0.25) is 0 Å². The molecule has 0 aliphatic rings. The third-order valence-corrected chi connectivity index (χ3v) is 4.09. The van der Waals surface area contributed by atoms with Crippen molar-refractivity contribution < 1.29 is 19.6 Å². The lowest BCUT2D eigenvalue weighted by Crippen LogP contribution is -2.20. The zero-order valence-electron chi connectivity index (χ0n) is 14.4. The molecule has 0 unspecified atom stereocenters. The van der Waals surface area contributed by atoms with Gasteiger partial charge in [0, 0.05) is 17.5 Å². The van der Waals surface area contributed by atoms with Crippen molar-refractivity contribution in [1.29, 1.82) is 0 Å². The predicted molar refractivity (Wildman–Crippen MR) is 98.1 cm³/mol. The van der Waals surface area contributed by atoms with Crippen LogP contribution in [0.25, 0.3) is 10.9 Å². The molecule has 0 saturated heterocycles. The first kappa shape index (κ1) is 18.1. The molecule has 138 valence electrons. The maximum Gasteiger partial charge on any atom is 0.347 e. The molecule has 0 fully saturated rings. The van der Waals surface area contributed by atoms with Crippen LogP contribution in [-0.2, 0) is 11.2 Å². The number of aromatic amines is 1. The molecule has 0 aliphatic heterocycles. The van der Waals surface area contributed by atoms with Crippen LogP contribution in [-0.4, -0.2) is 27.6 Å². The van der Waals surface area contributed by atoms with E-state index in [2.05, 4.69) is 4.98 Å². The van der Waals surface area contributed by atoms with Crippen LogP contribution in [0.3, 0.4) is 0 Å². The van der Waals surface area contributed by atoms with Crippen LogP contribution in [0, 0.1) is 10.1 Å². The number of aromatic nitrogens is 1. The fourth-order valence-electron chi connectivity index (χ4n) is 2.89. The first-order chi connectivity index (χ1) is 12.9. The first-order valence-corrected chi connectivity index (χ1v) is 8.19. The normalized spacial score (nSPS) is 10.7. The van der Waals surface area contributed by atoms with Crippen molar-refractivity contribution in [3.8, 4) is 5.75 Å². The number of ether oxygens (including phenoxy) is 1. The molecule has 0 radical (unpaired) electrons. The number of benzene rings is 2. The second-order valence-corrected chi connectivity index (χ2v) is 5.85. The minimum Gasteiger partial charge on any atom is -0.506 e. The number of nitrogens with zero attached hydrogens (tertiary/aromatic N) is 1. The molecular weight excluding hydrogens is 352 g/mol. The van der Waals surface area contributed by atoms with E-state index >= 15 is 0 Å². The number of nitro groups is 1. The van der Waals surface area contributed by atoms with E-state index in [-0.39, 0.29) is 23.2 Å². The Bertz CT molecular complexity index is 1090. The Kier molecular flexibility index (Phi) is 4.89. The van der Waals surface area contributed by atoms with E-state index in [9.17, 15) is 24.8 Å². The largest absolute Gasteiger partial charge is 0.506 e. The van der Waals surface area contributed by atoms with Crippen molar-refractivity contribution in [3.05, 3.63) is 79.6 Å². The Morgan fingerprint density at radius 3 is 2.59 bits per heavy atom. The molecule has 1 aromatic heterocycles. The number of hydrogen-bond acceptors (Lipinski definition) is 6. The fraction of sp³-hybridized carbons (Fsp3) is 0.158. The monoisotopic (exact) mass is 368 g/mol. The van der Waals surface area contributed by atoms with E-state index in [0.29, 0.717) is 12.0 Å². The summed E-state index contributed by atoms with van der Waals surface area (Å²) in [7, 11) is 0. The summed E-state index contributed by atoms with van der Waals surface area (Å²) in [5.74, 6) is -1.63. The van der Waals surface area contributed by atoms with Gasteiger partial charge in [-0.25, -0.2) is 4.79 Å². The lowest BCUT2D eigenvalue weighted by atomic mass is 9.99. The summed E-state index contributed by atoms with van der Waals surface area (Å²) >= 11 is 0. The Hall–Kier alpha value is -3.68. The van der Waals surface area contributed by atoms with Gasteiger partial charge in [0.15, 0.2) is 5.56 Å². The van der Waals surface area contributed by atoms with Crippen LogP contribution < -0.4 is 5.56 Å². The summed E-state index contributed by atoms with van der Waals surface area (Å²) in [6.07, 6.45) is 0.299. The van der Waals surface area contributed by atoms with Crippen LogP contribution in [0.1, 0.15) is 28.4 Å². The standard InChI is InChI=1S/C19H16N2O6/c1-2-27-19(24)15-17(22)14-10-13(21(25)26)9-12(16(14)20-18(15)23)8-11-6-4-3-5-7-11/h3-7,9-10H,2,8H2,1H3,(H2,20,22,23). The number of esters is 1. The third kappa shape index (κ3) is 3.50. The average molecular weight is 368 g/mol. The van der Waals surface area contributed by atoms with Gasteiger partial charge in [-0.2, -0.15) is 0 Å². The number of nitrogens with one attached hydrogen (secondary N) is 1. The molecule has 1 heterocycles. The summed E-state index contributed by atoms with van der Waals surface area (Å²) in [6, 6.07) is 11.6. The quantitative estimate of drug-likeness (QED) is 0.405. The van der Waals surface area contributed by atoms with Crippen LogP contribution >= 0.6 is 0 Å². The molecule has 2 N–H and O–H groups in total. The molecule has 3 rings (SSSR count). The molecule has 0 atom stereocenters. The van der Waals surface area contributed by atoms with Crippen LogP contribution in [0.15, 0.2) is 47.3 Å². The number of carbonyl (C=O) groups excluding carboxylic acids is 1. The zero-order chi connectivity index (χ0) is 19.6. The molecule has 8 nitrogen and oxygen atoms in total. The zero-order valence-corrected chi connectivity index (χ0v) is 14.4. The summed E-state index contributed by atoms with van der Waals surface area (Å²) < 4.78 is 4.79. The molecule has 0 spiro atoms. The Morgan fingerprint density at radius 1 is 1.26 bits per heavy atom. The molecule has 8 heteroatoms. The van der Waals surface area contributed by atoms with Gasteiger partial charge in [-0.1, -0.05) is 30.3 Å². The van der Waals surface area contributed by atoms with E-state index in [1.54, 1.807) is 6.92 Å². The van der Waals surface area contributed by atoms with Gasteiger partial charge >= 0.3 is 5.97 Å².